The molecule has 0 saturated heterocycles. The number of nitrogens with one attached hydrogen (secondary N) is 1. The van der Waals surface area contributed by atoms with Crippen molar-refractivity contribution >= 4 is 49.0 Å². The Morgan fingerprint density at radius 3 is 2.50 bits per heavy atom. The Labute approximate surface area is 126 Å². The van der Waals surface area contributed by atoms with Crippen molar-refractivity contribution in [1.82, 2.24) is 4.98 Å². The molecule has 3 rings (SSSR count). The summed E-state index contributed by atoms with van der Waals surface area (Å²) >= 11 is 1.37. The molecule has 0 radical (unpaired) electrons. The molecular weight excluding hydrogens is 316 g/mol. The SMILES string of the molecule is Cl.O=S(=O)(Nc1cc2ncccc2s1)c1ccccc1. The van der Waals surface area contributed by atoms with Crippen molar-refractivity contribution < 1.29 is 8.42 Å². The van der Waals surface area contributed by atoms with Gasteiger partial charge >= 0.3 is 0 Å². The topological polar surface area (TPSA) is 59.1 Å². The number of benzene rings is 1. The Morgan fingerprint density at radius 1 is 1.05 bits per heavy atom. The predicted molar refractivity (Wildman–Crippen MR) is 84.1 cm³/mol. The number of anilines is 1. The molecule has 0 saturated carbocycles. The van der Waals surface area contributed by atoms with Gasteiger partial charge in [-0.05, 0) is 30.3 Å². The summed E-state index contributed by atoms with van der Waals surface area (Å²) < 4.78 is 27.8. The van der Waals surface area contributed by atoms with Crippen LogP contribution in [0.2, 0.25) is 0 Å². The summed E-state index contributed by atoms with van der Waals surface area (Å²) in [5.41, 5.74) is 0.790. The first kappa shape index (κ1) is 14.8. The molecular formula is C13H11ClN2O2S2. The van der Waals surface area contributed by atoms with Gasteiger partial charge in [0.15, 0.2) is 0 Å². The molecule has 4 nitrogen and oxygen atoms in total. The second kappa shape index (κ2) is 5.78. The maximum Gasteiger partial charge on any atom is 0.262 e. The molecule has 0 bridgehead atoms. The van der Waals surface area contributed by atoms with E-state index in [2.05, 4.69) is 9.71 Å². The fourth-order valence-electron chi connectivity index (χ4n) is 1.71. The van der Waals surface area contributed by atoms with Gasteiger partial charge < -0.3 is 0 Å². The second-order valence-corrected chi connectivity index (χ2v) is 6.68. The zero-order valence-electron chi connectivity index (χ0n) is 10.2. The van der Waals surface area contributed by atoms with Gasteiger partial charge in [0.25, 0.3) is 10.0 Å². The fraction of sp³-hybridized carbons (Fsp3) is 0. The number of thiophene rings is 1. The van der Waals surface area contributed by atoms with Crippen molar-refractivity contribution in [3.63, 3.8) is 0 Å². The summed E-state index contributed by atoms with van der Waals surface area (Å²) in [6, 6.07) is 13.8. The van der Waals surface area contributed by atoms with Crippen molar-refractivity contribution in [2.75, 3.05) is 4.72 Å². The number of sulfonamides is 1. The molecule has 1 N–H and O–H groups in total. The van der Waals surface area contributed by atoms with Crippen LogP contribution in [-0.2, 0) is 10.0 Å². The smallest absolute Gasteiger partial charge is 0.262 e. The van der Waals surface area contributed by atoms with Crippen molar-refractivity contribution in [3.05, 3.63) is 54.7 Å². The van der Waals surface area contributed by atoms with Gasteiger partial charge in [-0.3, -0.25) is 9.71 Å². The number of hydrogen-bond donors (Lipinski definition) is 1. The first-order chi connectivity index (χ1) is 9.15. The lowest BCUT2D eigenvalue weighted by molar-refractivity contribution is 0.601. The van der Waals surface area contributed by atoms with Crippen LogP contribution in [0.15, 0.2) is 59.6 Å². The van der Waals surface area contributed by atoms with Gasteiger partial charge in [-0.2, -0.15) is 0 Å². The molecule has 3 aromatic rings. The van der Waals surface area contributed by atoms with E-state index in [9.17, 15) is 8.42 Å². The zero-order chi connectivity index (χ0) is 13.3. The van der Waals surface area contributed by atoms with Crippen LogP contribution < -0.4 is 4.72 Å². The van der Waals surface area contributed by atoms with E-state index in [1.54, 1.807) is 42.6 Å². The molecule has 2 heterocycles. The molecule has 0 atom stereocenters. The molecule has 0 aliphatic carbocycles. The minimum Gasteiger partial charge on any atom is -0.270 e. The van der Waals surface area contributed by atoms with Crippen LogP contribution in [0.5, 0.6) is 0 Å². The van der Waals surface area contributed by atoms with E-state index in [-0.39, 0.29) is 17.3 Å². The molecule has 1 aromatic carbocycles. The average molecular weight is 327 g/mol. The normalized spacial score (nSPS) is 11.0. The van der Waals surface area contributed by atoms with E-state index in [1.807, 2.05) is 12.1 Å². The highest BCUT2D eigenvalue weighted by molar-refractivity contribution is 7.93. The number of halogens is 1. The number of hydrogen-bond acceptors (Lipinski definition) is 4. The lowest BCUT2D eigenvalue weighted by Gasteiger charge is -2.04. The van der Waals surface area contributed by atoms with Crippen molar-refractivity contribution in [1.29, 1.82) is 0 Å². The summed E-state index contributed by atoms with van der Waals surface area (Å²) in [7, 11) is -3.53. The Kier molecular flexibility index (Phi) is 4.27. The lowest BCUT2D eigenvalue weighted by Crippen LogP contribution is -2.11. The number of nitrogens with zero attached hydrogens (tertiary/aromatic N) is 1. The minimum absolute atomic E-state index is 0. The average Bonchev–Trinajstić information content (AvgIpc) is 2.81. The zero-order valence-corrected chi connectivity index (χ0v) is 12.6. The van der Waals surface area contributed by atoms with Crippen LogP contribution in [-0.4, -0.2) is 13.4 Å². The van der Waals surface area contributed by atoms with Crippen LogP contribution in [0.1, 0.15) is 0 Å². The Hall–Kier alpha value is -1.63. The molecule has 0 aliphatic heterocycles. The minimum atomic E-state index is -3.53. The quantitative estimate of drug-likeness (QED) is 0.801. The van der Waals surface area contributed by atoms with Crippen LogP contribution in [0.25, 0.3) is 10.2 Å². The van der Waals surface area contributed by atoms with Gasteiger partial charge in [0.05, 0.1) is 15.1 Å². The molecule has 0 unspecified atom stereocenters. The first-order valence-electron chi connectivity index (χ1n) is 5.58. The summed E-state index contributed by atoms with van der Waals surface area (Å²) in [5, 5.41) is 0.567. The molecule has 2 aromatic heterocycles. The highest BCUT2D eigenvalue weighted by atomic mass is 35.5. The molecule has 0 spiro atoms. The fourth-order valence-corrected chi connectivity index (χ4v) is 3.93. The maximum atomic E-state index is 12.2. The number of pyridine rings is 1. The summed E-state index contributed by atoms with van der Waals surface area (Å²) in [6.07, 6.45) is 1.69. The number of fused-ring (bicyclic) bond motifs is 1. The molecule has 7 heteroatoms. The maximum absolute atomic E-state index is 12.2. The highest BCUT2D eigenvalue weighted by Gasteiger charge is 2.14. The van der Waals surface area contributed by atoms with Gasteiger partial charge in [0.1, 0.15) is 5.00 Å². The van der Waals surface area contributed by atoms with Crippen LogP contribution in [0, 0.1) is 0 Å². The standard InChI is InChI=1S/C13H10N2O2S2.ClH/c16-19(17,10-5-2-1-3-6-10)15-13-9-11-12(18-13)7-4-8-14-11;/h1-9,15H;1H. The molecule has 0 amide bonds. The molecule has 0 aliphatic rings. The Morgan fingerprint density at radius 2 is 1.80 bits per heavy atom. The molecule has 20 heavy (non-hydrogen) atoms. The van der Waals surface area contributed by atoms with E-state index in [4.69, 9.17) is 0 Å². The largest absolute Gasteiger partial charge is 0.270 e. The summed E-state index contributed by atoms with van der Waals surface area (Å²) in [4.78, 5) is 4.43. The molecule has 104 valence electrons. The summed E-state index contributed by atoms with van der Waals surface area (Å²) in [6.45, 7) is 0. The highest BCUT2D eigenvalue weighted by Crippen LogP contribution is 2.29. The van der Waals surface area contributed by atoms with Crippen molar-refractivity contribution in [3.8, 4) is 0 Å². The van der Waals surface area contributed by atoms with Gasteiger partial charge in [-0.15, -0.1) is 23.7 Å². The molecule has 0 fully saturated rings. The lowest BCUT2D eigenvalue weighted by atomic mass is 10.4. The monoisotopic (exact) mass is 326 g/mol. The third-order valence-electron chi connectivity index (χ3n) is 2.58. The van der Waals surface area contributed by atoms with E-state index < -0.39 is 10.0 Å². The third kappa shape index (κ3) is 2.92. The number of aromatic nitrogens is 1. The van der Waals surface area contributed by atoms with Gasteiger partial charge in [0.2, 0.25) is 0 Å². The Balaban J connectivity index is 0.00000147. The third-order valence-corrected chi connectivity index (χ3v) is 5.09. The second-order valence-electron chi connectivity index (χ2n) is 3.92. The van der Waals surface area contributed by atoms with E-state index in [0.29, 0.717) is 5.00 Å². The summed E-state index contributed by atoms with van der Waals surface area (Å²) in [5.74, 6) is 0. The van der Waals surface area contributed by atoms with Crippen molar-refractivity contribution in [2.24, 2.45) is 0 Å². The van der Waals surface area contributed by atoms with Gasteiger partial charge in [-0.25, -0.2) is 8.42 Å². The predicted octanol–water partition coefficient (Wildman–Crippen LogP) is 3.52. The van der Waals surface area contributed by atoms with E-state index in [0.717, 1.165) is 10.2 Å². The van der Waals surface area contributed by atoms with E-state index >= 15 is 0 Å². The van der Waals surface area contributed by atoms with Crippen LogP contribution in [0.3, 0.4) is 0 Å². The van der Waals surface area contributed by atoms with Crippen LogP contribution in [0.4, 0.5) is 5.00 Å². The van der Waals surface area contributed by atoms with Crippen molar-refractivity contribution in [2.45, 2.75) is 4.90 Å². The van der Waals surface area contributed by atoms with Gasteiger partial charge in [0, 0.05) is 6.20 Å². The van der Waals surface area contributed by atoms with Gasteiger partial charge in [-0.1, -0.05) is 18.2 Å². The van der Waals surface area contributed by atoms with Crippen LogP contribution >= 0.6 is 23.7 Å². The van der Waals surface area contributed by atoms with E-state index in [1.165, 1.54) is 11.3 Å². The Bertz CT molecular complexity index is 784. The first-order valence-corrected chi connectivity index (χ1v) is 7.87. The number of rotatable bonds is 3.